The van der Waals surface area contributed by atoms with Gasteiger partial charge in [0.25, 0.3) is 5.91 Å². The summed E-state index contributed by atoms with van der Waals surface area (Å²) in [4.78, 5) is 41.1. The zero-order valence-corrected chi connectivity index (χ0v) is 15.0. The monoisotopic (exact) mass is 382 g/mol. The summed E-state index contributed by atoms with van der Waals surface area (Å²) >= 11 is 0. The van der Waals surface area contributed by atoms with Gasteiger partial charge in [-0.05, 0) is 18.6 Å². The van der Waals surface area contributed by atoms with E-state index in [0.717, 1.165) is 25.1 Å². The number of hydroxylamine groups is 2. The molecule has 3 amide bonds. The lowest BCUT2D eigenvalue weighted by molar-refractivity contribution is -0.158. The van der Waals surface area contributed by atoms with Crippen molar-refractivity contribution >= 4 is 24.0 Å². The van der Waals surface area contributed by atoms with Crippen LogP contribution in [-0.2, 0) is 19.1 Å². The Hall–Kier alpha value is -2.59. The Labute approximate surface area is 156 Å². The van der Waals surface area contributed by atoms with Gasteiger partial charge in [-0.2, -0.15) is 0 Å². The Morgan fingerprint density at radius 3 is 2.96 bits per heavy atom. The van der Waals surface area contributed by atoms with E-state index in [1.165, 1.54) is 11.0 Å². The van der Waals surface area contributed by atoms with Crippen molar-refractivity contribution in [3.8, 4) is 0 Å². The maximum atomic E-state index is 12.9. The van der Waals surface area contributed by atoms with E-state index in [4.69, 9.17) is 4.74 Å². The molecule has 2 heterocycles. The molecule has 9 nitrogen and oxygen atoms in total. The molecule has 0 bridgehead atoms. The third-order valence-corrected chi connectivity index (χ3v) is 4.23. The Balaban J connectivity index is 2.06. The van der Waals surface area contributed by atoms with Gasteiger partial charge in [0.1, 0.15) is 24.4 Å². The fourth-order valence-corrected chi connectivity index (χ4v) is 2.78. The summed E-state index contributed by atoms with van der Waals surface area (Å²) in [6, 6.07) is 1.59. The van der Waals surface area contributed by atoms with E-state index < -0.39 is 23.7 Å². The van der Waals surface area contributed by atoms with Gasteiger partial charge in [0.05, 0.1) is 25.3 Å². The number of halogens is 1. The molecule has 0 saturated carbocycles. The summed E-state index contributed by atoms with van der Waals surface area (Å²) < 4.78 is 18.2. The summed E-state index contributed by atoms with van der Waals surface area (Å²) in [6.45, 7) is 1.74. The van der Waals surface area contributed by atoms with E-state index in [1.807, 2.05) is 6.92 Å². The average molecular weight is 382 g/mol. The number of ether oxygens (including phenoxy) is 1. The number of carbonyl (C=O) groups is 3. The molecular weight excluding hydrogens is 359 g/mol. The maximum absolute atomic E-state index is 12.9. The standard InChI is InChI=1S/C17H23FN4O5/c1-2-3-4-12(8-21(26)10-23)17(25)22-11-27-9-14(22)16(24)20-15-6-5-13(18)7-19-15/h5-7,10,12,14,26H,2-4,8-9,11H2,1H3,(H,19,20,24)/t12-,14+/m1/s1. The maximum Gasteiger partial charge on any atom is 0.250 e. The van der Waals surface area contributed by atoms with Crippen LogP contribution in [0.5, 0.6) is 0 Å². The number of anilines is 1. The number of aromatic nitrogens is 1. The summed E-state index contributed by atoms with van der Waals surface area (Å²) in [6.07, 6.45) is 3.24. The fraction of sp³-hybridized carbons (Fsp3) is 0.529. The van der Waals surface area contributed by atoms with Crippen molar-refractivity contribution in [2.24, 2.45) is 5.92 Å². The first-order chi connectivity index (χ1) is 13.0. The molecule has 0 radical (unpaired) electrons. The zero-order chi connectivity index (χ0) is 19.8. The molecule has 1 saturated heterocycles. The molecule has 2 rings (SSSR count). The lowest BCUT2D eigenvalue weighted by atomic mass is 9.99. The Kier molecular flexibility index (Phi) is 7.62. The minimum atomic E-state index is -0.878. The molecule has 2 atom stereocenters. The van der Waals surface area contributed by atoms with E-state index in [0.29, 0.717) is 11.5 Å². The highest BCUT2D eigenvalue weighted by Crippen LogP contribution is 2.20. The van der Waals surface area contributed by atoms with Gasteiger partial charge >= 0.3 is 0 Å². The second kappa shape index (κ2) is 9.93. The molecule has 0 aromatic carbocycles. The molecule has 1 aliphatic heterocycles. The quantitative estimate of drug-likeness (QED) is 0.374. The second-order valence-electron chi connectivity index (χ2n) is 6.24. The van der Waals surface area contributed by atoms with Crippen molar-refractivity contribution in [2.75, 3.05) is 25.2 Å². The largest absolute Gasteiger partial charge is 0.358 e. The first kappa shape index (κ1) is 20.7. The Morgan fingerprint density at radius 2 is 2.33 bits per heavy atom. The van der Waals surface area contributed by atoms with Crippen LogP contribution in [0.3, 0.4) is 0 Å². The van der Waals surface area contributed by atoms with Crippen LogP contribution in [0.15, 0.2) is 18.3 Å². The van der Waals surface area contributed by atoms with Crippen molar-refractivity contribution in [1.82, 2.24) is 14.9 Å². The lowest BCUT2D eigenvalue weighted by Crippen LogP contribution is -2.48. The first-order valence-corrected chi connectivity index (χ1v) is 8.67. The number of rotatable bonds is 9. The van der Waals surface area contributed by atoms with E-state index in [9.17, 15) is 24.0 Å². The third-order valence-electron chi connectivity index (χ3n) is 4.23. The zero-order valence-electron chi connectivity index (χ0n) is 15.0. The number of nitrogens with one attached hydrogen (secondary N) is 1. The molecule has 27 heavy (non-hydrogen) atoms. The van der Waals surface area contributed by atoms with Crippen LogP contribution >= 0.6 is 0 Å². The summed E-state index contributed by atoms with van der Waals surface area (Å²) in [7, 11) is 0. The van der Waals surface area contributed by atoms with Crippen molar-refractivity contribution in [2.45, 2.75) is 32.2 Å². The summed E-state index contributed by atoms with van der Waals surface area (Å²) in [5.74, 6) is -1.91. The predicted molar refractivity (Wildman–Crippen MR) is 91.8 cm³/mol. The molecular formula is C17H23FN4O5. The van der Waals surface area contributed by atoms with Gasteiger partial charge in [-0.3, -0.25) is 19.6 Å². The van der Waals surface area contributed by atoms with Crippen molar-refractivity contribution in [3.63, 3.8) is 0 Å². The van der Waals surface area contributed by atoms with Crippen molar-refractivity contribution in [1.29, 1.82) is 0 Å². The highest BCUT2D eigenvalue weighted by molar-refractivity contribution is 5.97. The first-order valence-electron chi connectivity index (χ1n) is 8.67. The summed E-state index contributed by atoms with van der Waals surface area (Å²) in [5.41, 5.74) is 0. The van der Waals surface area contributed by atoms with Crippen LogP contribution in [0.25, 0.3) is 0 Å². The number of pyridine rings is 1. The fourth-order valence-electron chi connectivity index (χ4n) is 2.78. The molecule has 0 aliphatic carbocycles. The number of amides is 3. The molecule has 1 aromatic rings. The normalized spacial score (nSPS) is 17.4. The van der Waals surface area contributed by atoms with Crippen LogP contribution in [0.4, 0.5) is 10.2 Å². The smallest absolute Gasteiger partial charge is 0.250 e. The lowest BCUT2D eigenvalue weighted by Gasteiger charge is -2.27. The molecule has 1 fully saturated rings. The van der Waals surface area contributed by atoms with Gasteiger partial charge in [0.2, 0.25) is 12.3 Å². The molecule has 0 spiro atoms. The van der Waals surface area contributed by atoms with Gasteiger partial charge in [-0.1, -0.05) is 19.8 Å². The average Bonchev–Trinajstić information content (AvgIpc) is 3.16. The highest BCUT2D eigenvalue weighted by atomic mass is 19.1. The van der Waals surface area contributed by atoms with E-state index in [2.05, 4.69) is 10.3 Å². The molecule has 2 N–H and O–H groups in total. The number of hydrogen-bond donors (Lipinski definition) is 2. The topological polar surface area (TPSA) is 112 Å². The van der Waals surface area contributed by atoms with Crippen LogP contribution in [0.2, 0.25) is 0 Å². The Morgan fingerprint density at radius 1 is 1.56 bits per heavy atom. The van der Waals surface area contributed by atoms with Crippen LogP contribution in [0.1, 0.15) is 26.2 Å². The minimum Gasteiger partial charge on any atom is -0.358 e. The van der Waals surface area contributed by atoms with Gasteiger partial charge < -0.3 is 15.0 Å². The molecule has 148 valence electrons. The second-order valence-corrected chi connectivity index (χ2v) is 6.24. The van der Waals surface area contributed by atoms with Gasteiger partial charge in [-0.25, -0.2) is 14.4 Å². The van der Waals surface area contributed by atoms with Gasteiger partial charge in [-0.15, -0.1) is 0 Å². The highest BCUT2D eigenvalue weighted by Gasteiger charge is 2.38. The van der Waals surface area contributed by atoms with Crippen molar-refractivity contribution < 1.29 is 28.7 Å². The van der Waals surface area contributed by atoms with E-state index >= 15 is 0 Å². The minimum absolute atomic E-state index is 0.00971. The Bertz CT molecular complexity index is 657. The van der Waals surface area contributed by atoms with Crippen LogP contribution in [-0.4, -0.2) is 64.3 Å². The van der Waals surface area contributed by atoms with Crippen molar-refractivity contribution in [3.05, 3.63) is 24.1 Å². The molecule has 10 heteroatoms. The van der Waals surface area contributed by atoms with Gasteiger partial charge in [0.15, 0.2) is 0 Å². The SMILES string of the molecule is CCCC[C@H](CN(O)C=O)C(=O)N1COC[C@H]1C(=O)Nc1ccc(F)cn1. The van der Waals surface area contributed by atoms with E-state index in [1.54, 1.807) is 0 Å². The predicted octanol–water partition coefficient (Wildman–Crippen LogP) is 0.998. The van der Waals surface area contributed by atoms with Crippen LogP contribution < -0.4 is 5.32 Å². The molecule has 0 unspecified atom stereocenters. The van der Waals surface area contributed by atoms with E-state index in [-0.39, 0.29) is 38.0 Å². The summed E-state index contributed by atoms with van der Waals surface area (Å²) in [5, 5.41) is 12.4. The number of nitrogens with zero attached hydrogens (tertiary/aromatic N) is 3. The molecule has 1 aromatic heterocycles. The number of carbonyl (C=O) groups excluding carboxylic acids is 3. The number of hydrogen-bond acceptors (Lipinski definition) is 6. The molecule has 1 aliphatic rings. The van der Waals surface area contributed by atoms with Crippen LogP contribution in [0, 0.1) is 11.7 Å². The van der Waals surface area contributed by atoms with Gasteiger partial charge in [0, 0.05) is 0 Å². The number of unbranched alkanes of at least 4 members (excludes halogenated alkanes) is 1. The third kappa shape index (κ3) is 5.69.